The summed E-state index contributed by atoms with van der Waals surface area (Å²) in [6, 6.07) is 0.936. The number of aliphatic hydroxyl groups excluding tert-OH is 1. The Labute approximate surface area is 104 Å². The number of hydrogen-bond donors (Lipinski definition) is 2. The number of carbonyl (C=O) groups excluding carboxylic acids is 1. The van der Waals surface area contributed by atoms with E-state index < -0.39 is 6.10 Å². The molecule has 0 aliphatic heterocycles. The summed E-state index contributed by atoms with van der Waals surface area (Å²) < 4.78 is 0. The van der Waals surface area contributed by atoms with Crippen molar-refractivity contribution in [1.82, 2.24) is 15.1 Å². The van der Waals surface area contributed by atoms with Crippen molar-refractivity contribution >= 4 is 6.03 Å². The first-order chi connectivity index (χ1) is 7.91. The van der Waals surface area contributed by atoms with E-state index in [-0.39, 0.29) is 6.03 Å². The Hall–Kier alpha value is -0.810. The topological polar surface area (TPSA) is 55.8 Å². The van der Waals surface area contributed by atoms with Crippen LogP contribution in [0.1, 0.15) is 26.7 Å². The highest BCUT2D eigenvalue weighted by Crippen LogP contribution is 2.26. The van der Waals surface area contributed by atoms with Crippen molar-refractivity contribution in [1.29, 1.82) is 0 Å². The van der Waals surface area contributed by atoms with Crippen LogP contribution in [0.3, 0.4) is 0 Å². The van der Waals surface area contributed by atoms with Crippen LogP contribution in [0, 0.1) is 0 Å². The highest BCUT2D eigenvalue weighted by Gasteiger charge is 2.29. The minimum atomic E-state index is -0.489. The Morgan fingerprint density at radius 1 is 1.41 bits per heavy atom. The van der Waals surface area contributed by atoms with Crippen molar-refractivity contribution in [3.05, 3.63) is 0 Å². The highest BCUT2D eigenvalue weighted by molar-refractivity contribution is 5.73. The molecule has 2 amide bonds. The van der Waals surface area contributed by atoms with E-state index >= 15 is 0 Å². The molecule has 5 heteroatoms. The van der Waals surface area contributed by atoms with Gasteiger partial charge in [-0.25, -0.2) is 4.79 Å². The largest absolute Gasteiger partial charge is 0.392 e. The maximum atomic E-state index is 11.7. The van der Waals surface area contributed by atoms with Gasteiger partial charge < -0.3 is 15.3 Å². The van der Waals surface area contributed by atoms with E-state index in [1.165, 1.54) is 17.7 Å². The van der Waals surface area contributed by atoms with Gasteiger partial charge in [-0.15, -0.1) is 0 Å². The molecule has 0 aromatic rings. The Morgan fingerprint density at radius 3 is 2.47 bits per heavy atom. The van der Waals surface area contributed by atoms with Crippen LogP contribution in [0.25, 0.3) is 0 Å². The van der Waals surface area contributed by atoms with Gasteiger partial charge in [0.2, 0.25) is 0 Å². The van der Waals surface area contributed by atoms with Gasteiger partial charge in [0.25, 0.3) is 0 Å². The Kier molecular flexibility index (Phi) is 5.21. The standard InChI is InChI=1S/C12H25N3O2/c1-9(15(4)11-5-6-11)7-13-12(17)14(3)8-10(2)16/h9-11,16H,5-8H2,1-4H3,(H,13,17). The number of carbonyl (C=O) groups is 1. The highest BCUT2D eigenvalue weighted by atomic mass is 16.3. The number of nitrogens with zero attached hydrogens (tertiary/aromatic N) is 2. The van der Waals surface area contributed by atoms with E-state index in [9.17, 15) is 9.90 Å². The van der Waals surface area contributed by atoms with Crippen LogP contribution in [0.15, 0.2) is 0 Å². The Bertz CT molecular complexity index is 254. The third-order valence-electron chi connectivity index (χ3n) is 3.25. The molecule has 0 bridgehead atoms. The van der Waals surface area contributed by atoms with Crippen molar-refractivity contribution in [3.8, 4) is 0 Å². The molecule has 2 N–H and O–H groups in total. The van der Waals surface area contributed by atoms with Crippen molar-refractivity contribution in [3.63, 3.8) is 0 Å². The lowest BCUT2D eigenvalue weighted by molar-refractivity contribution is 0.142. The van der Waals surface area contributed by atoms with Gasteiger partial charge in [0.15, 0.2) is 0 Å². The van der Waals surface area contributed by atoms with Gasteiger partial charge in [0.05, 0.1) is 6.10 Å². The summed E-state index contributed by atoms with van der Waals surface area (Å²) in [5.74, 6) is 0. The molecular formula is C12H25N3O2. The van der Waals surface area contributed by atoms with Crippen molar-refractivity contribution < 1.29 is 9.90 Å². The second kappa shape index (κ2) is 6.21. The van der Waals surface area contributed by atoms with E-state index in [0.29, 0.717) is 25.2 Å². The zero-order valence-electron chi connectivity index (χ0n) is 11.3. The summed E-state index contributed by atoms with van der Waals surface area (Å²) >= 11 is 0. The van der Waals surface area contributed by atoms with Gasteiger partial charge in [0.1, 0.15) is 0 Å². The first-order valence-corrected chi connectivity index (χ1v) is 6.30. The molecule has 1 saturated carbocycles. The molecule has 0 heterocycles. The zero-order chi connectivity index (χ0) is 13.0. The summed E-state index contributed by atoms with van der Waals surface area (Å²) in [6.07, 6.45) is 2.06. The molecule has 1 rings (SSSR count). The van der Waals surface area contributed by atoms with Crippen molar-refractivity contribution in [2.75, 3.05) is 27.2 Å². The monoisotopic (exact) mass is 243 g/mol. The molecule has 17 heavy (non-hydrogen) atoms. The molecule has 2 unspecified atom stereocenters. The SMILES string of the molecule is CC(O)CN(C)C(=O)NCC(C)N(C)C1CC1. The van der Waals surface area contributed by atoms with Gasteiger partial charge >= 0.3 is 6.03 Å². The molecule has 1 aliphatic carbocycles. The summed E-state index contributed by atoms with van der Waals surface area (Å²) in [5.41, 5.74) is 0. The minimum Gasteiger partial charge on any atom is -0.392 e. The normalized spacial score (nSPS) is 18.9. The fourth-order valence-electron chi connectivity index (χ4n) is 1.83. The number of urea groups is 1. The van der Waals surface area contributed by atoms with Crippen LogP contribution >= 0.6 is 0 Å². The number of aliphatic hydroxyl groups is 1. The molecule has 0 saturated heterocycles. The molecule has 100 valence electrons. The fourth-order valence-corrected chi connectivity index (χ4v) is 1.83. The number of rotatable bonds is 6. The maximum Gasteiger partial charge on any atom is 0.317 e. The molecule has 1 aliphatic rings. The Balaban J connectivity index is 2.22. The summed E-state index contributed by atoms with van der Waals surface area (Å²) in [7, 11) is 3.80. The smallest absolute Gasteiger partial charge is 0.317 e. The maximum absolute atomic E-state index is 11.7. The van der Waals surface area contributed by atoms with Crippen LogP contribution in [0.5, 0.6) is 0 Å². The lowest BCUT2D eigenvalue weighted by atomic mass is 10.3. The molecule has 0 aromatic carbocycles. The number of likely N-dealkylation sites (N-methyl/N-ethyl adjacent to an activating group) is 2. The van der Waals surface area contributed by atoms with Gasteiger partial charge in [-0.2, -0.15) is 0 Å². The van der Waals surface area contributed by atoms with Gasteiger partial charge in [-0.3, -0.25) is 4.90 Å². The van der Waals surface area contributed by atoms with Crippen molar-refractivity contribution in [2.45, 2.75) is 44.9 Å². The predicted octanol–water partition coefficient (Wildman–Crippen LogP) is 0.491. The van der Waals surface area contributed by atoms with Crippen LogP contribution in [-0.4, -0.2) is 66.3 Å². The summed E-state index contributed by atoms with van der Waals surface area (Å²) in [6.45, 7) is 4.80. The van der Waals surface area contributed by atoms with E-state index in [1.807, 2.05) is 0 Å². The van der Waals surface area contributed by atoms with Crippen LogP contribution in [-0.2, 0) is 0 Å². The lowest BCUT2D eigenvalue weighted by Crippen LogP contribution is -2.46. The second-order valence-corrected chi connectivity index (χ2v) is 5.16. The molecule has 2 atom stereocenters. The van der Waals surface area contributed by atoms with Gasteiger partial charge in [-0.1, -0.05) is 0 Å². The van der Waals surface area contributed by atoms with Crippen LogP contribution < -0.4 is 5.32 Å². The first kappa shape index (κ1) is 14.3. The summed E-state index contributed by atoms with van der Waals surface area (Å²) in [5, 5.41) is 12.1. The molecule has 0 spiro atoms. The van der Waals surface area contributed by atoms with E-state index in [1.54, 1.807) is 14.0 Å². The predicted molar refractivity (Wildman–Crippen MR) is 68.0 cm³/mol. The zero-order valence-corrected chi connectivity index (χ0v) is 11.3. The number of hydrogen-bond acceptors (Lipinski definition) is 3. The average molecular weight is 243 g/mol. The second-order valence-electron chi connectivity index (χ2n) is 5.16. The summed E-state index contributed by atoms with van der Waals surface area (Å²) in [4.78, 5) is 15.5. The average Bonchev–Trinajstić information content (AvgIpc) is 3.06. The molecule has 1 fully saturated rings. The van der Waals surface area contributed by atoms with Crippen LogP contribution in [0.4, 0.5) is 4.79 Å². The first-order valence-electron chi connectivity index (χ1n) is 6.30. The molecule has 0 aromatic heterocycles. The minimum absolute atomic E-state index is 0.123. The molecule has 0 radical (unpaired) electrons. The molecule has 5 nitrogen and oxygen atoms in total. The number of amides is 2. The third-order valence-corrected chi connectivity index (χ3v) is 3.25. The third kappa shape index (κ3) is 4.91. The fraction of sp³-hybridized carbons (Fsp3) is 0.917. The van der Waals surface area contributed by atoms with Gasteiger partial charge in [0, 0.05) is 32.2 Å². The van der Waals surface area contributed by atoms with Gasteiger partial charge in [-0.05, 0) is 33.7 Å². The number of nitrogens with one attached hydrogen (secondary N) is 1. The lowest BCUT2D eigenvalue weighted by Gasteiger charge is -2.26. The van der Waals surface area contributed by atoms with Crippen molar-refractivity contribution in [2.24, 2.45) is 0 Å². The van der Waals surface area contributed by atoms with E-state index in [0.717, 1.165) is 0 Å². The van der Waals surface area contributed by atoms with E-state index in [2.05, 4.69) is 24.2 Å². The quantitative estimate of drug-likeness (QED) is 0.714. The van der Waals surface area contributed by atoms with Crippen LogP contribution in [0.2, 0.25) is 0 Å². The Morgan fingerprint density at radius 2 is 2.00 bits per heavy atom. The van der Waals surface area contributed by atoms with E-state index in [4.69, 9.17) is 0 Å². The molecular weight excluding hydrogens is 218 g/mol.